The molecule has 1 aromatic heterocycles. The number of aryl methyl sites for hydroxylation is 1. The summed E-state index contributed by atoms with van der Waals surface area (Å²) in [5.74, 6) is -0.470. The molecule has 3 nitrogen and oxygen atoms in total. The monoisotopic (exact) mass is 395 g/mol. The average molecular weight is 396 g/mol. The number of allylic oxidation sites excluding steroid dienone is 1. The van der Waals surface area contributed by atoms with Gasteiger partial charge in [-0.1, -0.05) is 53.5 Å². The summed E-state index contributed by atoms with van der Waals surface area (Å²) in [5, 5.41) is 0.929. The maximum absolute atomic E-state index is 12.6. The first kappa shape index (κ1) is 17.8. The first-order valence-electron chi connectivity index (χ1n) is 8.43. The lowest BCUT2D eigenvalue weighted by Gasteiger charge is -2.12. The van der Waals surface area contributed by atoms with Crippen LogP contribution < -0.4 is 0 Å². The molecule has 0 amide bonds. The summed E-state index contributed by atoms with van der Waals surface area (Å²) in [7, 11) is 0. The van der Waals surface area contributed by atoms with Crippen molar-refractivity contribution in [3.05, 3.63) is 92.2 Å². The predicted octanol–water partition coefficient (Wildman–Crippen LogP) is 5.86. The van der Waals surface area contributed by atoms with Crippen molar-refractivity contribution >= 4 is 40.8 Å². The molecule has 27 heavy (non-hydrogen) atoms. The van der Waals surface area contributed by atoms with Crippen LogP contribution in [-0.2, 0) is 0 Å². The third-order valence-electron chi connectivity index (χ3n) is 4.85. The fourth-order valence-electron chi connectivity index (χ4n) is 3.53. The van der Waals surface area contributed by atoms with Gasteiger partial charge in [-0.25, -0.2) is 0 Å². The van der Waals surface area contributed by atoms with Crippen LogP contribution in [-0.4, -0.2) is 16.1 Å². The molecule has 0 atom stereocenters. The van der Waals surface area contributed by atoms with E-state index in [1.54, 1.807) is 36.4 Å². The molecule has 1 aliphatic carbocycles. The number of nitrogens with zero attached hydrogens (tertiary/aromatic N) is 1. The van der Waals surface area contributed by atoms with Crippen LogP contribution in [0.4, 0.5) is 0 Å². The van der Waals surface area contributed by atoms with E-state index < -0.39 is 0 Å². The largest absolute Gasteiger partial charge is 0.316 e. The molecule has 1 heterocycles. The van der Waals surface area contributed by atoms with Gasteiger partial charge >= 0.3 is 0 Å². The van der Waals surface area contributed by atoms with E-state index in [1.165, 1.54) is 0 Å². The number of aromatic nitrogens is 1. The Morgan fingerprint density at radius 2 is 1.52 bits per heavy atom. The number of benzene rings is 2. The lowest BCUT2D eigenvalue weighted by atomic mass is 10.1. The minimum Gasteiger partial charge on any atom is -0.316 e. The molecule has 1 aliphatic rings. The summed E-state index contributed by atoms with van der Waals surface area (Å²) < 4.78 is 1.97. The minimum absolute atomic E-state index is 0.189. The molecule has 4 rings (SSSR count). The second-order valence-corrected chi connectivity index (χ2v) is 7.28. The molecule has 0 spiro atoms. The van der Waals surface area contributed by atoms with Gasteiger partial charge in [0.15, 0.2) is 11.6 Å². The maximum Gasteiger partial charge on any atom is 0.197 e. The van der Waals surface area contributed by atoms with Gasteiger partial charge in [-0.05, 0) is 43.7 Å². The first-order valence-corrected chi connectivity index (χ1v) is 9.19. The van der Waals surface area contributed by atoms with Gasteiger partial charge in [0.2, 0.25) is 0 Å². The number of hydrogen-bond acceptors (Lipinski definition) is 2. The van der Waals surface area contributed by atoms with E-state index in [-0.39, 0.29) is 17.1 Å². The van der Waals surface area contributed by atoms with Crippen molar-refractivity contribution < 1.29 is 9.59 Å². The molecule has 0 aliphatic heterocycles. The van der Waals surface area contributed by atoms with Gasteiger partial charge in [-0.15, -0.1) is 0 Å². The maximum atomic E-state index is 12.6. The molecule has 5 heteroatoms. The van der Waals surface area contributed by atoms with Crippen LogP contribution in [0, 0.1) is 13.8 Å². The van der Waals surface area contributed by atoms with Crippen molar-refractivity contribution in [2.24, 2.45) is 0 Å². The van der Waals surface area contributed by atoms with E-state index in [9.17, 15) is 9.59 Å². The van der Waals surface area contributed by atoms with E-state index in [4.69, 9.17) is 23.2 Å². The van der Waals surface area contributed by atoms with E-state index in [0.29, 0.717) is 21.2 Å². The van der Waals surface area contributed by atoms with Crippen molar-refractivity contribution in [2.45, 2.75) is 13.8 Å². The smallest absolute Gasteiger partial charge is 0.197 e. The second-order valence-electron chi connectivity index (χ2n) is 6.50. The second kappa shape index (κ2) is 6.52. The molecule has 0 radical (unpaired) electrons. The Morgan fingerprint density at radius 1 is 0.889 bits per heavy atom. The predicted molar refractivity (Wildman–Crippen MR) is 108 cm³/mol. The zero-order chi connectivity index (χ0) is 19.3. The van der Waals surface area contributed by atoms with E-state index in [2.05, 4.69) is 0 Å². The van der Waals surface area contributed by atoms with Crippen molar-refractivity contribution in [1.82, 2.24) is 4.57 Å². The van der Waals surface area contributed by atoms with Crippen LogP contribution in [0.1, 0.15) is 37.7 Å². The summed E-state index contributed by atoms with van der Waals surface area (Å²) in [6.07, 6.45) is 1.67. The molecule has 0 saturated carbocycles. The lowest BCUT2D eigenvalue weighted by molar-refractivity contribution is 0.0990. The zero-order valence-electron chi connectivity index (χ0n) is 14.7. The number of ketones is 2. The third kappa shape index (κ3) is 2.75. The zero-order valence-corrected chi connectivity index (χ0v) is 16.2. The molecule has 0 fully saturated rings. The van der Waals surface area contributed by atoms with Crippen molar-refractivity contribution in [1.29, 1.82) is 0 Å². The number of rotatable bonds is 2. The Bertz CT molecular complexity index is 1120. The molecule has 0 saturated heterocycles. The fraction of sp³-hybridized carbons (Fsp3) is 0.0909. The topological polar surface area (TPSA) is 39.1 Å². The Balaban J connectivity index is 1.84. The molecule has 2 aromatic carbocycles. The minimum atomic E-state index is -0.235. The number of Topliss-reactive ketones (excluding diaryl/α,β-unsaturated/α-hetero) is 2. The summed E-state index contributed by atoms with van der Waals surface area (Å²) >= 11 is 12.5. The highest BCUT2D eigenvalue weighted by Crippen LogP contribution is 2.33. The number of halogens is 2. The normalized spacial score (nSPS) is 13.3. The van der Waals surface area contributed by atoms with Crippen LogP contribution >= 0.6 is 23.2 Å². The molecule has 3 aromatic rings. The van der Waals surface area contributed by atoms with Gasteiger partial charge in [-0.2, -0.15) is 0 Å². The standard InChI is InChI=1S/C22H15Cl2NO2/c1-12-10-14(13(2)25(12)19-9-5-8-18(23)20(19)24)11-17-21(26)15-6-3-4-7-16(15)22(17)27/h3-11H,1-2H3. The molecule has 0 bridgehead atoms. The van der Waals surface area contributed by atoms with Gasteiger partial charge in [0.1, 0.15) is 0 Å². The number of fused-ring (bicyclic) bond motifs is 1. The Kier molecular flexibility index (Phi) is 4.29. The molecular weight excluding hydrogens is 381 g/mol. The number of hydrogen-bond donors (Lipinski definition) is 0. The van der Waals surface area contributed by atoms with Crippen LogP contribution in [0.25, 0.3) is 11.8 Å². The first-order chi connectivity index (χ1) is 12.9. The Labute approximate surface area is 166 Å². The van der Waals surface area contributed by atoms with Gasteiger partial charge < -0.3 is 4.57 Å². The highest BCUT2D eigenvalue weighted by molar-refractivity contribution is 6.43. The number of carbonyl (C=O) groups is 2. The quantitative estimate of drug-likeness (QED) is 0.402. The van der Waals surface area contributed by atoms with Crippen molar-refractivity contribution in [3.8, 4) is 5.69 Å². The van der Waals surface area contributed by atoms with Crippen LogP contribution in [0.15, 0.2) is 54.1 Å². The highest BCUT2D eigenvalue weighted by Gasteiger charge is 2.32. The van der Waals surface area contributed by atoms with Crippen LogP contribution in [0.3, 0.4) is 0 Å². The number of carbonyl (C=O) groups excluding carboxylic acids is 2. The van der Waals surface area contributed by atoms with Gasteiger partial charge in [0, 0.05) is 22.5 Å². The summed E-state index contributed by atoms with van der Waals surface area (Å²) in [6, 6.07) is 14.3. The Hall–Kier alpha value is -2.62. The summed E-state index contributed by atoms with van der Waals surface area (Å²) in [6.45, 7) is 3.87. The lowest BCUT2D eigenvalue weighted by Crippen LogP contribution is -2.02. The van der Waals surface area contributed by atoms with Gasteiger partial charge in [-0.3, -0.25) is 9.59 Å². The molecular formula is C22H15Cl2NO2. The molecule has 134 valence electrons. The SMILES string of the molecule is Cc1cc(C=C2C(=O)c3ccccc3C2=O)c(C)n1-c1cccc(Cl)c1Cl. The Morgan fingerprint density at radius 3 is 2.15 bits per heavy atom. The molecule has 0 unspecified atom stereocenters. The van der Waals surface area contributed by atoms with Crippen molar-refractivity contribution in [3.63, 3.8) is 0 Å². The van der Waals surface area contributed by atoms with Crippen molar-refractivity contribution in [2.75, 3.05) is 0 Å². The van der Waals surface area contributed by atoms with E-state index in [0.717, 1.165) is 22.6 Å². The summed E-state index contributed by atoms with van der Waals surface area (Å²) in [5.41, 5.74) is 4.47. The van der Waals surface area contributed by atoms with Gasteiger partial charge in [0.05, 0.1) is 21.3 Å². The average Bonchev–Trinajstić information content (AvgIpc) is 3.06. The van der Waals surface area contributed by atoms with Crippen LogP contribution in [0.5, 0.6) is 0 Å². The fourth-order valence-corrected chi connectivity index (χ4v) is 3.91. The van der Waals surface area contributed by atoms with Gasteiger partial charge in [0.25, 0.3) is 0 Å². The summed E-state index contributed by atoms with van der Waals surface area (Å²) in [4.78, 5) is 25.3. The molecule has 0 N–H and O–H groups in total. The third-order valence-corrected chi connectivity index (χ3v) is 5.66. The van der Waals surface area contributed by atoms with E-state index in [1.807, 2.05) is 36.6 Å². The van der Waals surface area contributed by atoms with Crippen LogP contribution in [0.2, 0.25) is 10.0 Å². The highest BCUT2D eigenvalue weighted by atomic mass is 35.5. The van der Waals surface area contributed by atoms with E-state index >= 15 is 0 Å².